The first-order valence-corrected chi connectivity index (χ1v) is 9.00. The molecule has 0 amide bonds. The summed E-state index contributed by atoms with van der Waals surface area (Å²) in [7, 11) is 0. The Hall–Kier alpha value is -1.24. The van der Waals surface area contributed by atoms with Crippen LogP contribution in [0, 0.1) is 0 Å². The first-order valence-electron chi connectivity index (χ1n) is 8.18. The number of aromatic nitrogens is 3. The maximum Gasteiger partial charge on any atom is 0.122 e. The summed E-state index contributed by atoms with van der Waals surface area (Å²) in [5.41, 5.74) is 0. The number of nitrogens with zero attached hydrogens (tertiary/aromatic N) is 3. The van der Waals surface area contributed by atoms with Gasteiger partial charge in [-0.05, 0) is 25.7 Å². The van der Waals surface area contributed by atoms with E-state index in [0.717, 1.165) is 44.1 Å². The zero-order valence-corrected chi connectivity index (χ0v) is 13.5. The zero-order chi connectivity index (χ0) is 14.8. The van der Waals surface area contributed by atoms with Crippen LogP contribution in [0.1, 0.15) is 53.4 Å². The minimum absolute atomic E-state index is 0.240. The molecule has 0 aromatic carbocycles. The molecule has 22 heavy (non-hydrogen) atoms. The molecule has 0 bridgehead atoms. The Morgan fingerprint density at radius 1 is 1.32 bits per heavy atom. The molecule has 0 aliphatic carbocycles. The van der Waals surface area contributed by atoms with Crippen LogP contribution < -0.4 is 5.32 Å². The van der Waals surface area contributed by atoms with Crippen LogP contribution in [0.15, 0.2) is 18.6 Å². The predicted octanol–water partition coefficient (Wildman–Crippen LogP) is 2.86. The average Bonchev–Trinajstić information content (AvgIpc) is 3.28. The molecular weight excluding hydrogens is 296 g/mol. The number of fused-ring (bicyclic) bond motifs is 1. The van der Waals surface area contributed by atoms with Crippen LogP contribution in [0.5, 0.6) is 0 Å². The van der Waals surface area contributed by atoms with Crippen molar-refractivity contribution in [3.63, 3.8) is 0 Å². The van der Waals surface area contributed by atoms with Gasteiger partial charge in [0.1, 0.15) is 16.9 Å². The van der Waals surface area contributed by atoms with Crippen LogP contribution in [-0.2, 0) is 17.8 Å². The number of hydrogen-bond donors (Lipinski definition) is 1. The Bertz CT molecular complexity index is 617. The molecule has 1 N–H and O–H groups in total. The first-order chi connectivity index (χ1) is 10.9. The van der Waals surface area contributed by atoms with E-state index < -0.39 is 0 Å². The Labute approximate surface area is 134 Å². The first kappa shape index (κ1) is 14.4. The third kappa shape index (κ3) is 2.95. The lowest BCUT2D eigenvalue weighted by molar-refractivity contribution is 0.111. The SMILES string of the molecule is c1cn2c(n1)C(CNCc1cnc(C3CCCO3)s1)CCC2. The van der Waals surface area contributed by atoms with Gasteiger partial charge in [-0.1, -0.05) is 0 Å². The van der Waals surface area contributed by atoms with Crippen molar-refractivity contribution >= 4 is 11.3 Å². The molecule has 2 unspecified atom stereocenters. The van der Waals surface area contributed by atoms with Crippen molar-refractivity contribution in [2.75, 3.05) is 13.2 Å². The van der Waals surface area contributed by atoms with Gasteiger partial charge in [-0.15, -0.1) is 11.3 Å². The molecule has 4 rings (SSSR count). The fourth-order valence-electron chi connectivity index (χ4n) is 3.40. The van der Waals surface area contributed by atoms with Gasteiger partial charge in [0.2, 0.25) is 0 Å². The van der Waals surface area contributed by atoms with E-state index in [4.69, 9.17) is 4.74 Å². The third-order valence-corrected chi connectivity index (χ3v) is 5.62. The summed E-state index contributed by atoms with van der Waals surface area (Å²) in [6.07, 6.45) is 11.0. The van der Waals surface area contributed by atoms with E-state index >= 15 is 0 Å². The second-order valence-corrected chi connectivity index (χ2v) is 7.26. The molecule has 1 saturated heterocycles. The van der Waals surface area contributed by atoms with Crippen LogP contribution >= 0.6 is 11.3 Å². The highest BCUT2D eigenvalue weighted by Crippen LogP contribution is 2.31. The summed E-state index contributed by atoms with van der Waals surface area (Å²) < 4.78 is 7.99. The van der Waals surface area contributed by atoms with Crippen LogP contribution in [0.4, 0.5) is 0 Å². The van der Waals surface area contributed by atoms with E-state index in [-0.39, 0.29) is 6.10 Å². The molecule has 2 aromatic heterocycles. The van der Waals surface area contributed by atoms with Crippen LogP contribution in [0.3, 0.4) is 0 Å². The Kier molecular flexibility index (Phi) is 4.23. The molecule has 2 aliphatic heterocycles. The minimum atomic E-state index is 0.240. The Morgan fingerprint density at radius 3 is 3.23 bits per heavy atom. The molecule has 1 fully saturated rings. The second kappa shape index (κ2) is 6.48. The topological polar surface area (TPSA) is 52.0 Å². The van der Waals surface area contributed by atoms with Gasteiger partial charge in [0.25, 0.3) is 0 Å². The molecule has 0 saturated carbocycles. The number of aryl methyl sites for hydroxylation is 1. The van der Waals surface area contributed by atoms with Gasteiger partial charge in [-0.3, -0.25) is 0 Å². The van der Waals surface area contributed by atoms with Crippen molar-refractivity contribution in [2.24, 2.45) is 0 Å². The quantitative estimate of drug-likeness (QED) is 0.921. The molecule has 6 heteroatoms. The van der Waals surface area contributed by atoms with Crippen molar-refractivity contribution < 1.29 is 4.74 Å². The van der Waals surface area contributed by atoms with Crippen molar-refractivity contribution in [1.82, 2.24) is 19.9 Å². The molecule has 5 nitrogen and oxygen atoms in total. The normalized spacial score (nSPS) is 24.5. The number of ether oxygens (including phenoxy) is 1. The third-order valence-electron chi connectivity index (χ3n) is 4.53. The van der Waals surface area contributed by atoms with Gasteiger partial charge < -0.3 is 14.6 Å². The zero-order valence-electron chi connectivity index (χ0n) is 12.7. The Morgan fingerprint density at radius 2 is 2.32 bits per heavy atom. The van der Waals surface area contributed by atoms with Crippen molar-refractivity contribution in [3.8, 4) is 0 Å². The lowest BCUT2D eigenvalue weighted by Gasteiger charge is -2.23. The van der Waals surface area contributed by atoms with E-state index in [1.165, 1.54) is 23.5 Å². The molecule has 2 aromatic rings. The maximum atomic E-state index is 5.70. The molecule has 2 aliphatic rings. The van der Waals surface area contributed by atoms with E-state index in [1.807, 2.05) is 12.4 Å². The number of rotatable bonds is 5. The van der Waals surface area contributed by atoms with Gasteiger partial charge in [-0.2, -0.15) is 0 Å². The smallest absolute Gasteiger partial charge is 0.122 e. The molecule has 118 valence electrons. The molecule has 2 atom stereocenters. The molecule has 4 heterocycles. The van der Waals surface area contributed by atoms with E-state index in [2.05, 4.69) is 26.0 Å². The van der Waals surface area contributed by atoms with Gasteiger partial charge in [0, 0.05) is 55.6 Å². The molecular formula is C16H22N4OS. The molecule has 0 radical (unpaired) electrons. The van der Waals surface area contributed by atoms with Crippen molar-refractivity contribution in [2.45, 2.75) is 50.8 Å². The van der Waals surface area contributed by atoms with Crippen LogP contribution in [-0.4, -0.2) is 27.7 Å². The summed E-state index contributed by atoms with van der Waals surface area (Å²) in [5, 5.41) is 4.72. The standard InChI is InChI=1S/C16H22N4OS/c1-3-12(15-18-5-7-20(15)6-1)9-17-10-13-11-19-16(22-13)14-4-2-8-21-14/h5,7,11-12,14,17H,1-4,6,8-10H2. The largest absolute Gasteiger partial charge is 0.371 e. The predicted molar refractivity (Wildman–Crippen MR) is 85.9 cm³/mol. The monoisotopic (exact) mass is 318 g/mol. The maximum absolute atomic E-state index is 5.70. The number of nitrogens with one attached hydrogen (secondary N) is 1. The molecule has 0 spiro atoms. The van der Waals surface area contributed by atoms with Crippen LogP contribution in [0.2, 0.25) is 0 Å². The van der Waals surface area contributed by atoms with Gasteiger partial charge in [0.15, 0.2) is 0 Å². The highest BCUT2D eigenvalue weighted by atomic mass is 32.1. The summed E-state index contributed by atoms with van der Waals surface area (Å²) in [6, 6.07) is 0. The van der Waals surface area contributed by atoms with E-state index in [9.17, 15) is 0 Å². The average molecular weight is 318 g/mol. The highest BCUT2D eigenvalue weighted by molar-refractivity contribution is 7.11. The van der Waals surface area contributed by atoms with E-state index in [0.29, 0.717) is 5.92 Å². The summed E-state index contributed by atoms with van der Waals surface area (Å²) in [4.78, 5) is 10.3. The minimum Gasteiger partial charge on any atom is -0.371 e. The Balaban J connectivity index is 1.31. The van der Waals surface area contributed by atoms with Crippen molar-refractivity contribution in [1.29, 1.82) is 0 Å². The fourth-order valence-corrected chi connectivity index (χ4v) is 4.37. The summed E-state index contributed by atoms with van der Waals surface area (Å²) in [5.74, 6) is 1.78. The van der Waals surface area contributed by atoms with Crippen molar-refractivity contribution in [3.05, 3.63) is 34.3 Å². The number of thiazole rings is 1. The highest BCUT2D eigenvalue weighted by Gasteiger charge is 2.22. The van der Waals surface area contributed by atoms with E-state index in [1.54, 1.807) is 11.3 Å². The number of imidazole rings is 1. The fraction of sp³-hybridized carbons (Fsp3) is 0.625. The van der Waals surface area contributed by atoms with Gasteiger partial charge in [-0.25, -0.2) is 9.97 Å². The second-order valence-electron chi connectivity index (χ2n) is 6.12. The van der Waals surface area contributed by atoms with Gasteiger partial charge in [0.05, 0.1) is 0 Å². The van der Waals surface area contributed by atoms with Gasteiger partial charge >= 0.3 is 0 Å². The lowest BCUT2D eigenvalue weighted by atomic mass is 9.99. The summed E-state index contributed by atoms with van der Waals surface area (Å²) >= 11 is 1.78. The summed E-state index contributed by atoms with van der Waals surface area (Å²) in [6.45, 7) is 3.88. The van der Waals surface area contributed by atoms with Crippen LogP contribution in [0.25, 0.3) is 0 Å². The lowest BCUT2D eigenvalue weighted by Crippen LogP contribution is -2.26. The number of hydrogen-bond acceptors (Lipinski definition) is 5.